The molecule has 9 heteroatoms. The van der Waals surface area contributed by atoms with Crippen LogP contribution in [0.15, 0.2) is 47.1 Å². The maximum atomic E-state index is 12.2. The molecule has 0 atom stereocenters. The summed E-state index contributed by atoms with van der Waals surface area (Å²) in [5, 5.41) is 15.1. The number of hydrogen-bond donors (Lipinski definition) is 1. The lowest BCUT2D eigenvalue weighted by molar-refractivity contribution is -0.121. The standard InChI is InChI=1S/C20H20N6O3/c1-13-22-20(29-25-13)16-4-3-11-26-17(23-24-19(16)26)12-21-18(27)10-7-14-5-8-15(28-2)9-6-14/h3-6,8-9,11H,7,10,12H2,1-2H3,(H,21,27). The highest BCUT2D eigenvalue weighted by atomic mass is 16.5. The van der Waals surface area contributed by atoms with Crippen LogP contribution in [-0.4, -0.2) is 37.8 Å². The molecular weight excluding hydrogens is 372 g/mol. The second-order valence-corrected chi connectivity index (χ2v) is 6.50. The van der Waals surface area contributed by atoms with Crippen LogP contribution in [0.1, 0.15) is 23.6 Å². The molecule has 1 aromatic carbocycles. The van der Waals surface area contributed by atoms with E-state index in [-0.39, 0.29) is 12.5 Å². The molecule has 0 unspecified atom stereocenters. The molecule has 0 bridgehead atoms. The summed E-state index contributed by atoms with van der Waals surface area (Å²) in [5.41, 5.74) is 2.37. The van der Waals surface area contributed by atoms with Gasteiger partial charge in [0.2, 0.25) is 5.91 Å². The number of carbonyl (C=O) groups excluding carboxylic acids is 1. The van der Waals surface area contributed by atoms with Crippen molar-refractivity contribution in [3.05, 3.63) is 59.8 Å². The van der Waals surface area contributed by atoms with Gasteiger partial charge in [0.05, 0.1) is 19.2 Å². The van der Waals surface area contributed by atoms with Gasteiger partial charge in [-0.05, 0) is 43.2 Å². The molecule has 0 aliphatic heterocycles. The van der Waals surface area contributed by atoms with Gasteiger partial charge in [-0.25, -0.2) is 0 Å². The van der Waals surface area contributed by atoms with Crippen LogP contribution in [0.5, 0.6) is 5.75 Å². The number of amides is 1. The van der Waals surface area contributed by atoms with Crippen LogP contribution in [0.4, 0.5) is 0 Å². The first-order valence-electron chi connectivity index (χ1n) is 9.17. The lowest BCUT2D eigenvalue weighted by atomic mass is 10.1. The third kappa shape index (κ3) is 4.08. The quantitative estimate of drug-likeness (QED) is 0.514. The predicted molar refractivity (Wildman–Crippen MR) is 104 cm³/mol. The zero-order valence-electron chi connectivity index (χ0n) is 16.1. The molecule has 1 N–H and O–H groups in total. The van der Waals surface area contributed by atoms with Crippen LogP contribution in [0, 0.1) is 6.92 Å². The molecule has 0 saturated carbocycles. The molecule has 1 amide bonds. The predicted octanol–water partition coefficient (Wildman–Crippen LogP) is 2.35. The van der Waals surface area contributed by atoms with Gasteiger partial charge in [0, 0.05) is 12.6 Å². The fourth-order valence-electron chi connectivity index (χ4n) is 2.97. The number of nitrogens with zero attached hydrogens (tertiary/aromatic N) is 5. The average molecular weight is 392 g/mol. The molecule has 4 rings (SSSR count). The molecule has 3 heterocycles. The fraction of sp³-hybridized carbons (Fsp3) is 0.250. The molecule has 148 valence electrons. The summed E-state index contributed by atoms with van der Waals surface area (Å²) in [6.45, 7) is 2.03. The van der Waals surface area contributed by atoms with Crippen molar-refractivity contribution >= 4 is 11.6 Å². The lowest BCUT2D eigenvalue weighted by Gasteiger charge is -2.06. The molecule has 29 heavy (non-hydrogen) atoms. The lowest BCUT2D eigenvalue weighted by Crippen LogP contribution is -2.24. The Morgan fingerprint density at radius 2 is 2.03 bits per heavy atom. The number of methoxy groups -OCH3 is 1. The first-order chi connectivity index (χ1) is 14.1. The van der Waals surface area contributed by atoms with E-state index in [0.29, 0.717) is 41.6 Å². The van der Waals surface area contributed by atoms with E-state index in [4.69, 9.17) is 9.26 Å². The Kier molecular flexibility index (Phi) is 5.19. The van der Waals surface area contributed by atoms with Crippen molar-refractivity contribution < 1.29 is 14.1 Å². The van der Waals surface area contributed by atoms with Gasteiger partial charge in [-0.3, -0.25) is 9.20 Å². The number of benzene rings is 1. The Morgan fingerprint density at radius 3 is 2.76 bits per heavy atom. The number of ether oxygens (including phenoxy) is 1. The first kappa shape index (κ1) is 18.6. The van der Waals surface area contributed by atoms with Gasteiger partial charge >= 0.3 is 0 Å². The average Bonchev–Trinajstić information content (AvgIpc) is 3.37. The molecule has 0 aliphatic carbocycles. The largest absolute Gasteiger partial charge is 0.497 e. The van der Waals surface area contributed by atoms with Gasteiger partial charge < -0.3 is 14.6 Å². The van der Waals surface area contributed by atoms with Crippen LogP contribution in [-0.2, 0) is 17.8 Å². The Hall–Kier alpha value is -3.75. The number of nitrogens with one attached hydrogen (secondary N) is 1. The number of carbonyl (C=O) groups is 1. The van der Waals surface area contributed by atoms with E-state index in [1.54, 1.807) is 18.4 Å². The van der Waals surface area contributed by atoms with Crippen LogP contribution < -0.4 is 10.1 Å². The highest BCUT2D eigenvalue weighted by Gasteiger charge is 2.15. The van der Waals surface area contributed by atoms with Crippen molar-refractivity contribution in [1.82, 2.24) is 30.1 Å². The molecule has 9 nitrogen and oxygen atoms in total. The minimum Gasteiger partial charge on any atom is -0.497 e. The van der Waals surface area contributed by atoms with E-state index >= 15 is 0 Å². The van der Waals surface area contributed by atoms with E-state index < -0.39 is 0 Å². The second-order valence-electron chi connectivity index (χ2n) is 6.50. The second kappa shape index (κ2) is 8.09. The number of aromatic nitrogens is 5. The van der Waals surface area contributed by atoms with Crippen molar-refractivity contribution in [3.8, 4) is 17.2 Å². The summed E-state index contributed by atoms with van der Waals surface area (Å²) in [6.07, 6.45) is 2.87. The number of hydrogen-bond acceptors (Lipinski definition) is 7. The summed E-state index contributed by atoms with van der Waals surface area (Å²) in [5.74, 6) is 2.30. The molecular formula is C20H20N6O3. The van der Waals surface area contributed by atoms with Crippen molar-refractivity contribution in [2.24, 2.45) is 0 Å². The van der Waals surface area contributed by atoms with E-state index in [0.717, 1.165) is 11.3 Å². The SMILES string of the molecule is COc1ccc(CCC(=O)NCc2nnc3c(-c4nc(C)no4)cccn23)cc1. The summed E-state index contributed by atoms with van der Waals surface area (Å²) in [6, 6.07) is 11.4. The first-order valence-corrected chi connectivity index (χ1v) is 9.17. The third-order valence-corrected chi connectivity index (χ3v) is 4.51. The van der Waals surface area contributed by atoms with Crippen molar-refractivity contribution in [2.75, 3.05) is 7.11 Å². The van der Waals surface area contributed by atoms with E-state index in [1.165, 1.54) is 0 Å². The number of rotatable bonds is 7. The maximum absolute atomic E-state index is 12.2. The summed E-state index contributed by atoms with van der Waals surface area (Å²) in [7, 11) is 1.63. The van der Waals surface area contributed by atoms with Gasteiger partial charge in [-0.2, -0.15) is 4.98 Å². The molecule has 0 spiro atoms. The van der Waals surface area contributed by atoms with Crippen LogP contribution in [0.3, 0.4) is 0 Å². The van der Waals surface area contributed by atoms with Gasteiger partial charge in [0.25, 0.3) is 5.89 Å². The van der Waals surface area contributed by atoms with Crippen molar-refractivity contribution in [3.63, 3.8) is 0 Å². The fourth-order valence-corrected chi connectivity index (χ4v) is 2.97. The number of aryl methyl sites for hydroxylation is 2. The van der Waals surface area contributed by atoms with E-state index in [9.17, 15) is 4.79 Å². The Labute approximate surface area is 166 Å². The zero-order chi connectivity index (χ0) is 20.2. The summed E-state index contributed by atoms with van der Waals surface area (Å²) in [4.78, 5) is 16.5. The molecule has 0 aliphatic rings. The normalized spacial score (nSPS) is 11.0. The van der Waals surface area contributed by atoms with Gasteiger partial charge in [0.1, 0.15) is 5.75 Å². The maximum Gasteiger partial charge on any atom is 0.261 e. The molecule has 0 fully saturated rings. The Bertz CT molecular complexity index is 1130. The Morgan fingerprint density at radius 1 is 1.21 bits per heavy atom. The van der Waals surface area contributed by atoms with E-state index in [2.05, 4.69) is 25.7 Å². The monoisotopic (exact) mass is 392 g/mol. The smallest absolute Gasteiger partial charge is 0.261 e. The van der Waals surface area contributed by atoms with Gasteiger partial charge in [-0.15, -0.1) is 10.2 Å². The van der Waals surface area contributed by atoms with Crippen molar-refractivity contribution in [2.45, 2.75) is 26.3 Å². The third-order valence-electron chi connectivity index (χ3n) is 4.51. The molecule has 0 radical (unpaired) electrons. The zero-order valence-corrected chi connectivity index (χ0v) is 16.1. The van der Waals surface area contributed by atoms with Crippen LogP contribution >= 0.6 is 0 Å². The molecule has 0 saturated heterocycles. The van der Waals surface area contributed by atoms with Gasteiger partial charge in [-0.1, -0.05) is 17.3 Å². The van der Waals surface area contributed by atoms with Gasteiger partial charge in [0.15, 0.2) is 17.3 Å². The van der Waals surface area contributed by atoms with Crippen molar-refractivity contribution in [1.29, 1.82) is 0 Å². The van der Waals surface area contributed by atoms with Crippen LogP contribution in [0.25, 0.3) is 17.1 Å². The minimum absolute atomic E-state index is 0.0544. The molecule has 4 aromatic rings. The summed E-state index contributed by atoms with van der Waals surface area (Å²) < 4.78 is 12.2. The summed E-state index contributed by atoms with van der Waals surface area (Å²) >= 11 is 0. The number of pyridine rings is 1. The highest BCUT2D eigenvalue weighted by molar-refractivity contribution is 5.76. The van der Waals surface area contributed by atoms with Crippen LogP contribution in [0.2, 0.25) is 0 Å². The Balaban J connectivity index is 1.40. The van der Waals surface area contributed by atoms with E-state index in [1.807, 2.05) is 42.6 Å². The highest BCUT2D eigenvalue weighted by Crippen LogP contribution is 2.22. The number of fused-ring (bicyclic) bond motifs is 1. The topological polar surface area (TPSA) is 107 Å². The minimum atomic E-state index is -0.0544. The molecule has 3 aromatic heterocycles.